The van der Waals surface area contributed by atoms with E-state index in [1.165, 1.54) is 4.90 Å². The first-order valence-corrected chi connectivity index (χ1v) is 9.71. The van der Waals surface area contributed by atoms with Gasteiger partial charge in [0, 0.05) is 25.5 Å². The third-order valence-corrected chi connectivity index (χ3v) is 5.33. The van der Waals surface area contributed by atoms with E-state index in [4.69, 9.17) is 0 Å². The van der Waals surface area contributed by atoms with Crippen molar-refractivity contribution in [2.75, 3.05) is 18.8 Å². The summed E-state index contributed by atoms with van der Waals surface area (Å²) in [5, 5.41) is 3.55. The van der Waals surface area contributed by atoms with E-state index in [9.17, 15) is 14.4 Å². The second kappa shape index (κ2) is 7.81. The summed E-state index contributed by atoms with van der Waals surface area (Å²) < 4.78 is 1.54. The Balaban J connectivity index is 1.67. The molecule has 3 heterocycles. The molecular weight excluding hydrogens is 378 g/mol. The van der Waals surface area contributed by atoms with Crippen molar-refractivity contribution in [1.82, 2.24) is 24.8 Å². The molecule has 1 aliphatic heterocycles. The number of urea groups is 1. The minimum absolute atomic E-state index is 0.0191. The molecule has 9 heteroatoms. The lowest BCUT2D eigenvalue weighted by atomic mass is 10.2. The largest absolute Gasteiger partial charge is 0.336 e. The van der Waals surface area contributed by atoms with Crippen molar-refractivity contribution < 1.29 is 9.59 Å². The normalized spacial score (nSPS) is 13.7. The fourth-order valence-electron chi connectivity index (χ4n) is 2.99. The highest BCUT2D eigenvalue weighted by Gasteiger charge is 2.26. The number of nitrogens with one attached hydrogen (secondary N) is 1. The quantitative estimate of drug-likeness (QED) is 0.519. The van der Waals surface area contributed by atoms with Crippen molar-refractivity contribution in [2.24, 2.45) is 0 Å². The van der Waals surface area contributed by atoms with Gasteiger partial charge < -0.3 is 5.32 Å². The second-order valence-electron chi connectivity index (χ2n) is 6.23. The highest BCUT2D eigenvalue weighted by atomic mass is 32.2. The maximum Gasteiger partial charge on any atom is 0.324 e. The summed E-state index contributed by atoms with van der Waals surface area (Å²) in [7, 11) is 0. The minimum Gasteiger partial charge on any atom is -0.336 e. The number of rotatable bonds is 5. The molecule has 1 N–H and O–H groups in total. The summed E-state index contributed by atoms with van der Waals surface area (Å²) in [5.41, 5.74) is 1.25. The summed E-state index contributed by atoms with van der Waals surface area (Å²) in [5.74, 6) is -0.291. The number of benzene rings is 1. The van der Waals surface area contributed by atoms with Gasteiger partial charge in [-0.3, -0.25) is 24.0 Å². The van der Waals surface area contributed by atoms with Gasteiger partial charge in [-0.1, -0.05) is 30.0 Å². The maximum absolute atomic E-state index is 13.0. The Kier molecular flexibility index (Phi) is 5.07. The lowest BCUT2D eigenvalue weighted by Gasteiger charge is -2.15. The average Bonchev–Trinajstić information content (AvgIpc) is 3.15. The predicted octanol–water partition coefficient (Wildman–Crippen LogP) is 1.48. The Hall–Kier alpha value is -3.20. The van der Waals surface area contributed by atoms with Crippen LogP contribution >= 0.6 is 11.8 Å². The van der Waals surface area contributed by atoms with Gasteiger partial charge in [-0.25, -0.2) is 9.78 Å². The van der Waals surface area contributed by atoms with Crippen LogP contribution in [-0.4, -0.2) is 50.2 Å². The molecule has 28 heavy (non-hydrogen) atoms. The number of carbonyl (C=O) groups excluding carboxylic acids is 2. The Morgan fingerprint density at radius 2 is 2.04 bits per heavy atom. The summed E-state index contributed by atoms with van der Waals surface area (Å²) in [4.78, 5) is 46.9. The van der Waals surface area contributed by atoms with Gasteiger partial charge in [-0.15, -0.1) is 0 Å². The number of amides is 3. The third kappa shape index (κ3) is 3.61. The van der Waals surface area contributed by atoms with Crippen molar-refractivity contribution in [1.29, 1.82) is 0 Å². The van der Waals surface area contributed by atoms with E-state index in [1.807, 2.05) is 12.1 Å². The molecule has 3 aromatic rings. The van der Waals surface area contributed by atoms with E-state index in [2.05, 4.69) is 15.3 Å². The first kappa shape index (κ1) is 18.2. The number of nitrogens with zero attached hydrogens (tertiary/aromatic N) is 4. The lowest BCUT2D eigenvalue weighted by Crippen LogP contribution is -2.35. The first-order chi connectivity index (χ1) is 13.6. The van der Waals surface area contributed by atoms with Gasteiger partial charge >= 0.3 is 6.03 Å². The van der Waals surface area contributed by atoms with E-state index in [-0.39, 0.29) is 23.3 Å². The number of pyridine rings is 1. The number of hydrogen-bond acceptors (Lipinski definition) is 6. The van der Waals surface area contributed by atoms with Crippen LogP contribution in [0.5, 0.6) is 0 Å². The van der Waals surface area contributed by atoms with Crippen molar-refractivity contribution in [2.45, 2.75) is 11.7 Å². The summed E-state index contributed by atoms with van der Waals surface area (Å²) in [6, 6.07) is 10.4. The topological polar surface area (TPSA) is 97.2 Å². The van der Waals surface area contributed by atoms with Crippen LogP contribution in [0.25, 0.3) is 10.9 Å². The molecule has 0 spiro atoms. The first-order valence-electron chi connectivity index (χ1n) is 8.73. The summed E-state index contributed by atoms with van der Waals surface area (Å²) in [6.07, 6.45) is 3.36. The lowest BCUT2D eigenvalue weighted by molar-refractivity contribution is -0.124. The molecule has 0 aliphatic carbocycles. The van der Waals surface area contributed by atoms with Gasteiger partial charge in [0.2, 0.25) is 5.91 Å². The number of para-hydroxylation sites is 1. The van der Waals surface area contributed by atoms with Crippen LogP contribution in [0.3, 0.4) is 0 Å². The van der Waals surface area contributed by atoms with E-state index >= 15 is 0 Å². The average molecular weight is 395 g/mol. The third-order valence-electron chi connectivity index (χ3n) is 4.37. The minimum atomic E-state index is -0.384. The van der Waals surface area contributed by atoms with Crippen LogP contribution < -0.4 is 10.9 Å². The van der Waals surface area contributed by atoms with E-state index in [1.54, 1.807) is 41.2 Å². The van der Waals surface area contributed by atoms with E-state index in [0.29, 0.717) is 35.7 Å². The Labute approximate surface area is 164 Å². The highest BCUT2D eigenvalue weighted by molar-refractivity contribution is 7.99. The SMILES string of the molecule is O=C(CSc1nc2ccccc2c(=O)n1Cc1cccnc1)N1CCNC1=O. The van der Waals surface area contributed by atoms with Crippen LogP contribution in [0.2, 0.25) is 0 Å². The summed E-state index contributed by atoms with van der Waals surface area (Å²) >= 11 is 1.15. The second-order valence-corrected chi connectivity index (χ2v) is 7.17. The van der Waals surface area contributed by atoms with Crippen LogP contribution in [0.1, 0.15) is 5.56 Å². The summed E-state index contributed by atoms with van der Waals surface area (Å²) in [6.45, 7) is 1.10. The molecule has 1 aliphatic rings. The molecule has 0 radical (unpaired) electrons. The van der Waals surface area contributed by atoms with Crippen molar-refractivity contribution in [3.8, 4) is 0 Å². The van der Waals surface area contributed by atoms with Gasteiger partial charge in [-0.05, 0) is 23.8 Å². The van der Waals surface area contributed by atoms with E-state index in [0.717, 1.165) is 17.3 Å². The van der Waals surface area contributed by atoms with Gasteiger partial charge in [0.1, 0.15) is 0 Å². The van der Waals surface area contributed by atoms with E-state index < -0.39 is 0 Å². The number of aromatic nitrogens is 3. The van der Waals surface area contributed by atoms with Crippen molar-refractivity contribution in [3.63, 3.8) is 0 Å². The van der Waals surface area contributed by atoms with Gasteiger partial charge in [-0.2, -0.15) is 0 Å². The molecular formula is C19H17N5O3S. The monoisotopic (exact) mass is 395 g/mol. The number of carbonyl (C=O) groups is 2. The van der Waals surface area contributed by atoms with Crippen molar-refractivity contribution in [3.05, 3.63) is 64.7 Å². The zero-order chi connectivity index (χ0) is 19.5. The molecule has 0 bridgehead atoms. The van der Waals surface area contributed by atoms with Crippen LogP contribution in [0.15, 0.2) is 58.7 Å². The van der Waals surface area contributed by atoms with Crippen LogP contribution in [-0.2, 0) is 11.3 Å². The number of imide groups is 1. The molecule has 0 saturated carbocycles. The standard InChI is InChI=1S/C19H17N5O3S/c25-16(23-9-8-21-18(23)27)12-28-19-22-15-6-2-1-5-14(15)17(26)24(19)11-13-4-3-7-20-10-13/h1-7,10H,8-9,11-12H2,(H,21,27). The Morgan fingerprint density at radius 3 is 2.79 bits per heavy atom. The molecule has 4 rings (SSSR count). The molecule has 1 fully saturated rings. The van der Waals surface area contributed by atoms with Crippen molar-refractivity contribution >= 4 is 34.6 Å². The van der Waals surface area contributed by atoms with Gasteiger partial charge in [0.25, 0.3) is 5.56 Å². The smallest absolute Gasteiger partial charge is 0.324 e. The molecule has 142 valence electrons. The molecule has 2 aromatic heterocycles. The zero-order valence-electron chi connectivity index (χ0n) is 14.9. The Morgan fingerprint density at radius 1 is 1.18 bits per heavy atom. The zero-order valence-corrected chi connectivity index (χ0v) is 15.7. The molecule has 1 aromatic carbocycles. The number of hydrogen-bond donors (Lipinski definition) is 1. The Bertz CT molecular complexity index is 1100. The van der Waals surface area contributed by atoms with Crippen LogP contribution in [0, 0.1) is 0 Å². The molecule has 0 unspecified atom stereocenters. The van der Waals surface area contributed by atoms with Crippen LogP contribution in [0.4, 0.5) is 4.79 Å². The number of fused-ring (bicyclic) bond motifs is 1. The highest BCUT2D eigenvalue weighted by Crippen LogP contribution is 2.19. The number of thioether (sulfide) groups is 1. The molecule has 1 saturated heterocycles. The fourth-order valence-corrected chi connectivity index (χ4v) is 3.86. The van der Waals surface area contributed by atoms with Gasteiger partial charge in [0.15, 0.2) is 5.16 Å². The molecule has 3 amide bonds. The fraction of sp³-hybridized carbons (Fsp3) is 0.211. The maximum atomic E-state index is 13.0. The van der Waals surface area contributed by atoms with Gasteiger partial charge in [0.05, 0.1) is 23.2 Å². The molecule has 0 atom stereocenters. The predicted molar refractivity (Wildman–Crippen MR) is 105 cm³/mol. The molecule has 8 nitrogen and oxygen atoms in total.